The molecule has 0 aliphatic rings. The van der Waals surface area contributed by atoms with E-state index in [0.717, 1.165) is 25.0 Å². The second kappa shape index (κ2) is 7.09. The zero-order valence-electron chi connectivity index (χ0n) is 12.2. The van der Waals surface area contributed by atoms with Gasteiger partial charge in [-0.25, -0.2) is 0 Å². The molecule has 1 aromatic carbocycles. The lowest BCUT2D eigenvalue weighted by Crippen LogP contribution is -2.35. The summed E-state index contributed by atoms with van der Waals surface area (Å²) in [5.41, 5.74) is 5.91. The first kappa shape index (κ1) is 17.0. The van der Waals surface area contributed by atoms with Crippen LogP contribution in [0.2, 0.25) is 0 Å². The van der Waals surface area contributed by atoms with Gasteiger partial charge in [0.05, 0.1) is 5.56 Å². The minimum absolute atomic E-state index is 0.372. The normalized spacial score (nSPS) is 15.4. The fraction of sp³-hybridized carbons (Fsp3) is 0.600. The maximum atomic E-state index is 12.7. The van der Waals surface area contributed by atoms with Crippen LogP contribution >= 0.6 is 0 Å². The molecule has 0 radical (unpaired) electrons. The Morgan fingerprint density at radius 2 is 1.95 bits per heavy atom. The van der Waals surface area contributed by atoms with E-state index in [-0.39, 0.29) is 0 Å². The molecule has 1 aromatic rings. The first-order valence-electron chi connectivity index (χ1n) is 6.88. The Balaban J connectivity index is 2.75. The van der Waals surface area contributed by atoms with Crippen molar-refractivity contribution in [1.29, 1.82) is 0 Å². The second-order valence-electron chi connectivity index (χ2n) is 5.31. The summed E-state index contributed by atoms with van der Waals surface area (Å²) in [6, 6.07) is 5.23. The molecule has 2 unspecified atom stereocenters. The quantitative estimate of drug-likeness (QED) is 0.862. The van der Waals surface area contributed by atoms with Crippen LogP contribution in [0.4, 0.5) is 13.2 Å². The van der Waals surface area contributed by atoms with Crippen LogP contribution in [-0.2, 0) is 6.18 Å². The van der Waals surface area contributed by atoms with Crippen LogP contribution in [0.5, 0.6) is 0 Å². The van der Waals surface area contributed by atoms with Gasteiger partial charge < -0.3 is 10.6 Å². The smallest absolute Gasteiger partial charge is 0.323 e. The van der Waals surface area contributed by atoms with E-state index in [2.05, 4.69) is 18.7 Å². The summed E-state index contributed by atoms with van der Waals surface area (Å²) in [5.74, 6) is 0. The van der Waals surface area contributed by atoms with Gasteiger partial charge in [0.2, 0.25) is 0 Å². The number of alkyl halides is 3. The summed E-state index contributed by atoms with van der Waals surface area (Å²) in [4.78, 5) is 2.09. The van der Waals surface area contributed by atoms with Crippen LogP contribution in [0.1, 0.15) is 43.9 Å². The van der Waals surface area contributed by atoms with Crippen molar-refractivity contribution in [2.24, 2.45) is 5.73 Å². The molecule has 2 nitrogen and oxygen atoms in total. The molecular weight excluding hydrogens is 265 g/mol. The summed E-state index contributed by atoms with van der Waals surface area (Å²) in [6.45, 7) is 4.75. The van der Waals surface area contributed by atoms with E-state index in [1.54, 1.807) is 6.07 Å². The third-order valence-corrected chi connectivity index (χ3v) is 3.59. The molecule has 2 atom stereocenters. The SMILES string of the molecule is CCCC(C)N(C)CC(N)c1cccc(C(F)(F)F)c1. The average molecular weight is 288 g/mol. The number of nitrogens with zero attached hydrogens (tertiary/aromatic N) is 1. The van der Waals surface area contributed by atoms with Gasteiger partial charge in [-0.05, 0) is 38.1 Å². The molecule has 0 saturated carbocycles. The van der Waals surface area contributed by atoms with E-state index in [9.17, 15) is 13.2 Å². The van der Waals surface area contributed by atoms with Crippen LogP contribution in [-0.4, -0.2) is 24.5 Å². The Morgan fingerprint density at radius 1 is 1.30 bits per heavy atom. The van der Waals surface area contributed by atoms with E-state index >= 15 is 0 Å². The molecule has 114 valence electrons. The highest BCUT2D eigenvalue weighted by Gasteiger charge is 2.30. The van der Waals surface area contributed by atoms with Crippen molar-refractivity contribution < 1.29 is 13.2 Å². The lowest BCUT2D eigenvalue weighted by Gasteiger charge is -2.27. The number of halogens is 3. The molecule has 0 amide bonds. The molecule has 5 heteroatoms. The number of nitrogens with two attached hydrogens (primary N) is 1. The summed E-state index contributed by atoms with van der Waals surface area (Å²) in [7, 11) is 1.95. The summed E-state index contributed by atoms with van der Waals surface area (Å²) in [6.07, 6.45) is -2.20. The number of hydrogen-bond donors (Lipinski definition) is 1. The molecule has 1 rings (SSSR count). The van der Waals surface area contributed by atoms with E-state index in [0.29, 0.717) is 18.2 Å². The van der Waals surface area contributed by atoms with Gasteiger partial charge in [-0.2, -0.15) is 13.2 Å². The Kier molecular flexibility index (Phi) is 6.02. The lowest BCUT2D eigenvalue weighted by molar-refractivity contribution is -0.137. The van der Waals surface area contributed by atoms with Crippen molar-refractivity contribution in [3.8, 4) is 0 Å². The van der Waals surface area contributed by atoms with Gasteiger partial charge in [0.1, 0.15) is 0 Å². The average Bonchev–Trinajstić information content (AvgIpc) is 2.38. The summed E-state index contributed by atoms with van der Waals surface area (Å²) < 4.78 is 38.0. The minimum atomic E-state index is -4.32. The number of likely N-dealkylation sites (N-methyl/N-ethyl adjacent to an activating group) is 1. The maximum absolute atomic E-state index is 12.7. The van der Waals surface area contributed by atoms with Crippen LogP contribution < -0.4 is 5.73 Å². The van der Waals surface area contributed by atoms with Gasteiger partial charge in [0.25, 0.3) is 0 Å². The molecule has 0 bridgehead atoms. The molecule has 0 heterocycles. The molecule has 0 aromatic heterocycles. The highest BCUT2D eigenvalue weighted by atomic mass is 19.4. The molecule has 2 N–H and O–H groups in total. The second-order valence-corrected chi connectivity index (χ2v) is 5.31. The maximum Gasteiger partial charge on any atom is 0.416 e. The minimum Gasteiger partial charge on any atom is -0.323 e. The lowest BCUT2D eigenvalue weighted by atomic mass is 10.0. The standard InChI is InChI=1S/C15H23F3N2/c1-4-6-11(2)20(3)10-14(19)12-7-5-8-13(9-12)15(16,17)18/h5,7-9,11,14H,4,6,10,19H2,1-3H3. The number of hydrogen-bond acceptors (Lipinski definition) is 2. The Morgan fingerprint density at radius 3 is 2.50 bits per heavy atom. The molecule has 0 fully saturated rings. The molecule has 0 aliphatic heterocycles. The van der Waals surface area contributed by atoms with Gasteiger partial charge >= 0.3 is 6.18 Å². The van der Waals surface area contributed by atoms with Gasteiger partial charge in [0.15, 0.2) is 0 Å². The van der Waals surface area contributed by atoms with E-state index in [1.165, 1.54) is 6.07 Å². The first-order valence-corrected chi connectivity index (χ1v) is 6.88. The van der Waals surface area contributed by atoms with Gasteiger partial charge in [-0.1, -0.05) is 25.5 Å². The highest BCUT2D eigenvalue weighted by molar-refractivity contribution is 5.28. The van der Waals surface area contributed by atoms with Crippen molar-refractivity contribution >= 4 is 0 Å². The van der Waals surface area contributed by atoms with Crippen LogP contribution in [0, 0.1) is 0 Å². The molecule has 20 heavy (non-hydrogen) atoms. The predicted molar refractivity (Wildman–Crippen MR) is 75.4 cm³/mol. The third kappa shape index (κ3) is 4.80. The van der Waals surface area contributed by atoms with Crippen molar-refractivity contribution in [2.45, 2.75) is 44.9 Å². The van der Waals surface area contributed by atoms with E-state index in [4.69, 9.17) is 5.73 Å². The zero-order valence-corrected chi connectivity index (χ0v) is 12.2. The summed E-state index contributed by atoms with van der Waals surface area (Å²) in [5, 5.41) is 0. The van der Waals surface area contributed by atoms with Crippen LogP contribution in [0.15, 0.2) is 24.3 Å². The van der Waals surface area contributed by atoms with E-state index in [1.807, 2.05) is 7.05 Å². The highest BCUT2D eigenvalue weighted by Crippen LogP contribution is 2.30. The van der Waals surface area contributed by atoms with Crippen molar-refractivity contribution in [3.05, 3.63) is 35.4 Å². The third-order valence-electron chi connectivity index (χ3n) is 3.59. The zero-order chi connectivity index (χ0) is 15.3. The molecular formula is C15H23F3N2. The van der Waals surface area contributed by atoms with E-state index < -0.39 is 17.8 Å². The predicted octanol–water partition coefficient (Wildman–Crippen LogP) is 3.83. The fourth-order valence-corrected chi connectivity index (χ4v) is 2.18. The molecule has 0 saturated heterocycles. The van der Waals surface area contributed by atoms with Crippen molar-refractivity contribution in [1.82, 2.24) is 4.90 Å². The summed E-state index contributed by atoms with van der Waals surface area (Å²) >= 11 is 0. The van der Waals surface area contributed by atoms with Gasteiger partial charge in [0, 0.05) is 18.6 Å². The van der Waals surface area contributed by atoms with Crippen LogP contribution in [0.3, 0.4) is 0 Å². The van der Waals surface area contributed by atoms with Gasteiger partial charge in [-0.3, -0.25) is 0 Å². The number of rotatable bonds is 6. The topological polar surface area (TPSA) is 29.3 Å². The monoisotopic (exact) mass is 288 g/mol. The largest absolute Gasteiger partial charge is 0.416 e. The van der Waals surface area contributed by atoms with Crippen LogP contribution in [0.25, 0.3) is 0 Å². The van der Waals surface area contributed by atoms with Crippen molar-refractivity contribution in [3.63, 3.8) is 0 Å². The van der Waals surface area contributed by atoms with Gasteiger partial charge in [-0.15, -0.1) is 0 Å². The Hall–Kier alpha value is -1.07. The number of benzene rings is 1. The molecule has 0 aliphatic carbocycles. The Labute approximate surface area is 118 Å². The van der Waals surface area contributed by atoms with Crippen molar-refractivity contribution in [2.75, 3.05) is 13.6 Å². The Bertz CT molecular complexity index is 418. The molecule has 0 spiro atoms. The first-order chi connectivity index (χ1) is 9.25. The fourth-order valence-electron chi connectivity index (χ4n) is 2.18.